The Balaban J connectivity index is 2.60. The van der Waals surface area contributed by atoms with Gasteiger partial charge in [-0.3, -0.25) is 0 Å². The van der Waals surface area contributed by atoms with Gasteiger partial charge in [0.1, 0.15) is 5.69 Å². The zero-order valence-electron chi connectivity index (χ0n) is 13.0. The Hall–Kier alpha value is -2.57. The molecule has 2 N–H and O–H groups in total. The van der Waals surface area contributed by atoms with Gasteiger partial charge in [-0.25, -0.2) is 4.79 Å². The number of phenols is 1. The van der Waals surface area contributed by atoms with Crippen molar-refractivity contribution in [3.63, 3.8) is 0 Å². The lowest BCUT2D eigenvalue weighted by Gasteiger charge is -2.13. The van der Waals surface area contributed by atoms with Crippen LogP contribution in [0, 0.1) is 0 Å². The first-order valence-electron chi connectivity index (χ1n) is 6.98. The van der Waals surface area contributed by atoms with Gasteiger partial charge in [0.25, 0.3) is 0 Å². The monoisotopic (exact) mass is 305 g/mol. The summed E-state index contributed by atoms with van der Waals surface area (Å²) in [7, 11) is 1.47. The zero-order valence-corrected chi connectivity index (χ0v) is 13.0. The van der Waals surface area contributed by atoms with Gasteiger partial charge in [-0.1, -0.05) is 13.8 Å². The van der Waals surface area contributed by atoms with E-state index in [2.05, 4.69) is 15.4 Å². The molecule has 0 bridgehead atoms. The smallest absolute Gasteiger partial charge is 0.361 e. The maximum atomic E-state index is 11.9. The maximum absolute atomic E-state index is 11.9. The standard InChI is InChI=1S/C15H19N3O4/c1-5-22-15(20)13-12(16-18-17-13)10-6-9(8(2)3)7-11(21-4)14(10)19/h6-8,19H,5H2,1-4H3,(H,16,17,18). The van der Waals surface area contributed by atoms with E-state index in [4.69, 9.17) is 9.47 Å². The number of hydrogen-bond donors (Lipinski definition) is 2. The molecule has 2 rings (SSSR count). The van der Waals surface area contributed by atoms with Crippen molar-refractivity contribution in [3.05, 3.63) is 23.4 Å². The molecule has 0 amide bonds. The number of hydrogen-bond acceptors (Lipinski definition) is 6. The number of rotatable bonds is 5. The second-order valence-corrected chi connectivity index (χ2v) is 5.02. The van der Waals surface area contributed by atoms with Gasteiger partial charge in [0.15, 0.2) is 17.2 Å². The van der Waals surface area contributed by atoms with E-state index in [0.29, 0.717) is 11.3 Å². The average Bonchev–Trinajstić information content (AvgIpc) is 2.96. The van der Waals surface area contributed by atoms with E-state index in [0.717, 1.165) is 5.56 Å². The molecule has 7 nitrogen and oxygen atoms in total. The van der Waals surface area contributed by atoms with E-state index in [-0.39, 0.29) is 29.7 Å². The third-order valence-corrected chi connectivity index (χ3v) is 3.26. The average molecular weight is 305 g/mol. The van der Waals surface area contributed by atoms with E-state index >= 15 is 0 Å². The van der Waals surface area contributed by atoms with E-state index in [1.165, 1.54) is 7.11 Å². The minimum Gasteiger partial charge on any atom is -0.504 e. The Kier molecular flexibility index (Phi) is 4.65. The number of phenolic OH excluding ortho intramolecular Hbond substituents is 1. The van der Waals surface area contributed by atoms with Crippen molar-refractivity contribution in [2.24, 2.45) is 0 Å². The van der Waals surface area contributed by atoms with Crippen molar-refractivity contribution in [3.8, 4) is 22.8 Å². The summed E-state index contributed by atoms with van der Waals surface area (Å²) in [5, 5.41) is 20.5. The molecule has 0 saturated heterocycles. The van der Waals surface area contributed by atoms with Crippen LogP contribution in [-0.4, -0.2) is 40.2 Å². The molecule has 0 saturated carbocycles. The van der Waals surface area contributed by atoms with E-state index < -0.39 is 5.97 Å². The first-order valence-corrected chi connectivity index (χ1v) is 6.98. The van der Waals surface area contributed by atoms with Gasteiger partial charge >= 0.3 is 5.97 Å². The fourth-order valence-electron chi connectivity index (χ4n) is 2.06. The van der Waals surface area contributed by atoms with Gasteiger partial charge < -0.3 is 14.6 Å². The molecular weight excluding hydrogens is 286 g/mol. The number of methoxy groups -OCH3 is 1. The molecule has 1 aromatic carbocycles. The Morgan fingerprint density at radius 1 is 1.36 bits per heavy atom. The highest BCUT2D eigenvalue weighted by atomic mass is 16.5. The van der Waals surface area contributed by atoms with Crippen molar-refractivity contribution < 1.29 is 19.4 Å². The molecule has 22 heavy (non-hydrogen) atoms. The summed E-state index contributed by atoms with van der Waals surface area (Å²) in [6.07, 6.45) is 0. The predicted octanol–water partition coefficient (Wildman–Crippen LogP) is 2.49. The maximum Gasteiger partial charge on any atom is 0.361 e. The summed E-state index contributed by atoms with van der Waals surface area (Å²) in [6.45, 7) is 5.97. The number of aromatic nitrogens is 3. The summed E-state index contributed by atoms with van der Waals surface area (Å²) in [5.41, 5.74) is 1.58. The van der Waals surface area contributed by atoms with Gasteiger partial charge in [0.2, 0.25) is 0 Å². The molecule has 0 aliphatic heterocycles. The molecule has 0 spiro atoms. The first-order chi connectivity index (χ1) is 10.5. The van der Waals surface area contributed by atoms with E-state index in [9.17, 15) is 9.90 Å². The number of nitrogens with zero attached hydrogens (tertiary/aromatic N) is 2. The summed E-state index contributed by atoms with van der Waals surface area (Å²) in [4.78, 5) is 11.9. The number of carbonyl (C=O) groups excluding carboxylic acids is 1. The third kappa shape index (κ3) is 2.88. The SMILES string of the molecule is CCOC(=O)c1n[nH]nc1-c1cc(C(C)C)cc(OC)c1O. The number of aromatic hydroxyl groups is 1. The van der Waals surface area contributed by atoms with Crippen LogP contribution >= 0.6 is 0 Å². The Labute approximate surface area is 128 Å². The highest BCUT2D eigenvalue weighted by Crippen LogP contribution is 2.40. The van der Waals surface area contributed by atoms with Crippen LogP contribution in [0.1, 0.15) is 42.7 Å². The summed E-state index contributed by atoms with van der Waals surface area (Å²) >= 11 is 0. The van der Waals surface area contributed by atoms with Gasteiger partial charge in [-0.15, -0.1) is 5.10 Å². The largest absolute Gasteiger partial charge is 0.504 e. The van der Waals surface area contributed by atoms with Crippen molar-refractivity contribution in [2.75, 3.05) is 13.7 Å². The number of aromatic amines is 1. The molecule has 0 unspecified atom stereocenters. The first kappa shape index (κ1) is 15.8. The fraction of sp³-hybridized carbons (Fsp3) is 0.400. The molecular formula is C15H19N3O4. The Morgan fingerprint density at radius 2 is 2.09 bits per heavy atom. The highest BCUT2D eigenvalue weighted by molar-refractivity contribution is 5.95. The topological polar surface area (TPSA) is 97.3 Å². The highest BCUT2D eigenvalue weighted by Gasteiger charge is 2.24. The molecule has 118 valence electrons. The summed E-state index contributed by atoms with van der Waals surface area (Å²) in [5.74, 6) is -0.156. The minimum absolute atomic E-state index is 0.0279. The molecule has 0 radical (unpaired) electrons. The summed E-state index contributed by atoms with van der Waals surface area (Å²) < 4.78 is 10.1. The number of H-pyrrole nitrogens is 1. The van der Waals surface area contributed by atoms with Crippen molar-refractivity contribution >= 4 is 5.97 Å². The van der Waals surface area contributed by atoms with Crippen LogP contribution in [0.25, 0.3) is 11.3 Å². The van der Waals surface area contributed by atoms with Crippen LogP contribution in [0.4, 0.5) is 0 Å². The quantitative estimate of drug-likeness (QED) is 0.824. The van der Waals surface area contributed by atoms with Gasteiger partial charge in [-0.2, -0.15) is 10.3 Å². The van der Waals surface area contributed by atoms with Crippen LogP contribution in [-0.2, 0) is 4.74 Å². The second-order valence-electron chi connectivity index (χ2n) is 5.02. The Morgan fingerprint density at radius 3 is 2.68 bits per heavy atom. The molecule has 1 aromatic heterocycles. The number of carbonyl (C=O) groups is 1. The number of nitrogens with one attached hydrogen (secondary N) is 1. The molecule has 0 fully saturated rings. The van der Waals surface area contributed by atoms with E-state index in [1.54, 1.807) is 19.1 Å². The molecule has 1 heterocycles. The van der Waals surface area contributed by atoms with Crippen LogP contribution in [0.5, 0.6) is 11.5 Å². The molecule has 2 aromatic rings. The minimum atomic E-state index is -0.598. The molecule has 0 aliphatic carbocycles. The number of benzene rings is 1. The molecule has 0 aliphatic rings. The second kappa shape index (κ2) is 6.46. The van der Waals surface area contributed by atoms with Crippen molar-refractivity contribution in [1.29, 1.82) is 0 Å². The lowest BCUT2D eigenvalue weighted by atomic mass is 9.97. The normalized spacial score (nSPS) is 10.8. The molecule has 0 atom stereocenters. The van der Waals surface area contributed by atoms with Crippen LogP contribution in [0.2, 0.25) is 0 Å². The lowest BCUT2D eigenvalue weighted by molar-refractivity contribution is 0.0520. The van der Waals surface area contributed by atoms with E-state index in [1.807, 2.05) is 13.8 Å². The third-order valence-electron chi connectivity index (χ3n) is 3.26. The van der Waals surface area contributed by atoms with Crippen molar-refractivity contribution in [2.45, 2.75) is 26.7 Å². The fourth-order valence-corrected chi connectivity index (χ4v) is 2.06. The van der Waals surface area contributed by atoms with Crippen LogP contribution < -0.4 is 4.74 Å². The van der Waals surface area contributed by atoms with Crippen molar-refractivity contribution in [1.82, 2.24) is 15.4 Å². The molecule has 7 heteroatoms. The van der Waals surface area contributed by atoms with Gasteiger partial charge in [0, 0.05) is 0 Å². The summed E-state index contributed by atoms with van der Waals surface area (Å²) in [6, 6.07) is 3.52. The van der Waals surface area contributed by atoms with Gasteiger partial charge in [0.05, 0.1) is 19.3 Å². The number of ether oxygens (including phenoxy) is 2. The number of esters is 1. The van der Waals surface area contributed by atoms with Crippen LogP contribution in [0.3, 0.4) is 0 Å². The Bertz CT molecular complexity index is 679. The predicted molar refractivity (Wildman–Crippen MR) is 80.1 cm³/mol. The van der Waals surface area contributed by atoms with Gasteiger partial charge in [-0.05, 0) is 30.5 Å². The lowest BCUT2D eigenvalue weighted by Crippen LogP contribution is -2.07. The van der Waals surface area contributed by atoms with Crippen LogP contribution in [0.15, 0.2) is 12.1 Å². The zero-order chi connectivity index (χ0) is 16.3.